The number of hydrogen-bond acceptors (Lipinski definition) is 2. The third-order valence-electron chi connectivity index (χ3n) is 1.54. The van der Waals surface area contributed by atoms with Crippen molar-refractivity contribution in [1.82, 2.24) is 4.98 Å². The topological polar surface area (TPSA) is 38.9 Å². The second-order valence-corrected chi connectivity index (χ2v) is 3.33. The van der Waals surface area contributed by atoms with Crippen molar-refractivity contribution >= 4 is 28.3 Å². The highest BCUT2D eigenvalue weighted by Crippen LogP contribution is 2.14. The average molecular weight is 264 g/mol. The Morgan fingerprint density at radius 2 is 2.31 bits per heavy atom. The van der Waals surface area contributed by atoms with Crippen molar-refractivity contribution < 1.29 is 0 Å². The maximum absolute atomic E-state index is 5.82. The van der Waals surface area contributed by atoms with Crippen molar-refractivity contribution in [3.05, 3.63) is 41.2 Å². The minimum Gasteiger partial charge on any atom is -0.322 e. The van der Waals surface area contributed by atoms with Crippen molar-refractivity contribution in [3.8, 4) is 0 Å². The average Bonchev–Trinajstić information content (AvgIpc) is 2.05. The molecular formula is C9H12BrClN2. The van der Waals surface area contributed by atoms with Gasteiger partial charge in [-0.15, -0.1) is 19.0 Å². The van der Waals surface area contributed by atoms with E-state index < -0.39 is 0 Å². The van der Waals surface area contributed by atoms with Crippen LogP contribution in [0.4, 0.5) is 0 Å². The molecule has 0 aromatic carbocycles. The van der Waals surface area contributed by atoms with Gasteiger partial charge in [0.25, 0.3) is 0 Å². The fraction of sp³-hybridized carbons (Fsp3) is 0.222. The highest BCUT2D eigenvalue weighted by molar-refractivity contribution is 9.10. The lowest BCUT2D eigenvalue weighted by Crippen LogP contribution is -2.10. The van der Waals surface area contributed by atoms with Crippen LogP contribution >= 0.6 is 28.3 Å². The van der Waals surface area contributed by atoms with Crippen molar-refractivity contribution in [1.29, 1.82) is 0 Å². The van der Waals surface area contributed by atoms with E-state index in [4.69, 9.17) is 5.73 Å². The third-order valence-corrected chi connectivity index (χ3v) is 1.98. The van der Waals surface area contributed by atoms with Gasteiger partial charge in [-0.05, 0) is 34.5 Å². The number of rotatable bonds is 3. The molecule has 1 aromatic rings. The zero-order valence-electron chi connectivity index (χ0n) is 7.11. The van der Waals surface area contributed by atoms with Gasteiger partial charge in [-0.1, -0.05) is 12.1 Å². The Bertz CT molecular complexity index is 278. The van der Waals surface area contributed by atoms with Gasteiger partial charge < -0.3 is 5.73 Å². The lowest BCUT2D eigenvalue weighted by molar-refractivity contribution is 0.711. The normalized spacial score (nSPS) is 11.5. The first-order chi connectivity index (χ1) is 5.74. The summed E-state index contributed by atoms with van der Waals surface area (Å²) in [6.07, 6.45) is 2.55. The van der Waals surface area contributed by atoms with Crippen LogP contribution in [0, 0.1) is 0 Å². The summed E-state index contributed by atoms with van der Waals surface area (Å²) < 4.78 is 0.819. The number of nitrogens with two attached hydrogens (primary N) is 1. The van der Waals surface area contributed by atoms with Gasteiger partial charge in [-0.25, -0.2) is 4.98 Å². The molecule has 0 aliphatic heterocycles. The van der Waals surface area contributed by atoms with Gasteiger partial charge in [0, 0.05) is 0 Å². The Morgan fingerprint density at radius 3 is 2.85 bits per heavy atom. The second kappa shape index (κ2) is 6.13. The molecule has 0 aliphatic carbocycles. The summed E-state index contributed by atoms with van der Waals surface area (Å²) in [7, 11) is 0. The lowest BCUT2D eigenvalue weighted by Gasteiger charge is -2.07. The fourth-order valence-corrected chi connectivity index (χ4v) is 1.29. The number of halogens is 2. The highest BCUT2D eigenvalue weighted by atomic mass is 79.9. The van der Waals surface area contributed by atoms with Gasteiger partial charge in [0.15, 0.2) is 0 Å². The van der Waals surface area contributed by atoms with Crippen LogP contribution in [-0.2, 0) is 0 Å². The molecule has 0 unspecified atom stereocenters. The Labute approximate surface area is 92.8 Å². The summed E-state index contributed by atoms with van der Waals surface area (Å²) in [5.41, 5.74) is 6.71. The molecule has 2 N–H and O–H groups in total. The molecule has 0 aliphatic rings. The van der Waals surface area contributed by atoms with E-state index in [1.165, 1.54) is 0 Å². The number of pyridine rings is 1. The smallest absolute Gasteiger partial charge is 0.106 e. The summed E-state index contributed by atoms with van der Waals surface area (Å²) in [6.45, 7) is 3.63. The van der Waals surface area contributed by atoms with Gasteiger partial charge in [-0.3, -0.25) is 0 Å². The summed E-state index contributed by atoms with van der Waals surface area (Å²) in [4.78, 5) is 4.24. The maximum Gasteiger partial charge on any atom is 0.106 e. The first-order valence-corrected chi connectivity index (χ1v) is 4.52. The molecule has 13 heavy (non-hydrogen) atoms. The molecular weight excluding hydrogens is 251 g/mol. The summed E-state index contributed by atoms with van der Waals surface area (Å²) >= 11 is 3.29. The number of nitrogens with zero attached hydrogens (tertiary/aromatic N) is 1. The van der Waals surface area contributed by atoms with Crippen LogP contribution in [0.5, 0.6) is 0 Å². The molecule has 0 saturated heterocycles. The molecule has 1 aromatic heterocycles. The van der Waals surface area contributed by atoms with Crippen molar-refractivity contribution in [2.24, 2.45) is 5.73 Å². The van der Waals surface area contributed by atoms with Crippen LogP contribution in [0.3, 0.4) is 0 Å². The molecule has 0 bridgehead atoms. The SMILES string of the molecule is C=CC[C@H](N)c1cccc(Br)n1.Cl. The van der Waals surface area contributed by atoms with E-state index in [1.54, 1.807) is 6.08 Å². The monoisotopic (exact) mass is 262 g/mol. The van der Waals surface area contributed by atoms with Gasteiger partial charge >= 0.3 is 0 Å². The summed E-state index contributed by atoms with van der Waals surface area (Å²) in [6, 6.07) is 5.68. The fourth-order valence-electron chi connectivity index (χ4n) is 0.931. The molecule has 1 atom stereocenters. The number of aromatic nitrogens is 1. The van der Waals surface area contributed by atoms with Crippen molar-refractivity contribution in [2.45, 2.75) is 12.5 Å². The molecule has 1 heterocycles. The Kier molecular flexibility index (Phi) is 5.95. The van der Waals surface area contributed by atoms with E-state index in [9.17, 15) is 0 Å². The van der Waals surface area contributed by atoms with Crippen LogP contribution < -0.4 is 5.73 Å². The summed E-state index contributed by atoms with van der Waals surface area (Å²) in [5, 5.41) is 0. The molecule has 0 fully saturated rings. The molecule has 4 heteroatoms. The first-order valence-electron chi connectivity index (χ1n) is 3.73. The molecule has 72 valence electrons. The second-order valence-electron chi connectivity index (χ2n) is 2.52. The van der Waals surface area contributed by atoms with E-state index in [1.807, 2.05) is 18.2 Å². The van der Waals surface area contributed by atoms with Crippen molar-refractivity contribution in [3.63, 3.8) is 0 Å². The zero-order chi connectivity index (χ0) is 8.97. The third kappa shape index (κ3) is 3.89. The van der Waals surface area contributed by atoms with Gasteiger partial charge in [0.05, 0.1) is 11.7 Å². The Hall–Kier alpha value is -0.380. The molecule has 0 spiro atoms. The molecule has 2 nitrogen and oxygen atoms in total. The first kappa shape index (κ1) is 12.6. The number of hydrogen-bond donors (Lipinski definition) is 1. The van der Waals surface area contributed by atoms with Gasteiger partial charge in [0.2, 0.25) is 0 Å². The quantitative estimate of drug-likeness (QED) is 0.673. The molecule has 1 rings (SSSR count). The minimum atomic E-state index is -0.0417. The molecule has 0 amide bonds. The highest BCUT2D eigenvalue weighted by Gasteiger charge is 2.04. The van der Waals surface area contributed by atoms with E-state index in [0.717, 1.165) is 16.7 Å². The van der Waals surface area contributed by atoms with E-state index in [-0.39, 0.29) is 18.4 Å². The molecule has 0 saturated carbocycles. The van der Waals surface area contributed by atoms with E-state index in [0.29, 0.717) is 0 Å². The van der Waals surface area contributed by atoms with Crippen LogP contribution in [0.2, 0.25) is 0 Å². The molecule has 0 radical (unpaired) electrons. The van der Waals surface area contributed by atoms with Gasteiger partial charge in [0.1, 0.15) is 4.60 Å². The van der Waals surface area contributed by atoms with Crippen LogP contribution in [0.1, 0.15) is 18.2 Å². The van der Waals surface area contributed by atoms with Crippen LogP contribution in [0.25, 0.3) is 0 Å². The Balaban J connectivity index is 0.00000144. The standard InChI is InChI=1S/C9H11BrN2.ClH/c1-2-4-7(11)8-5-3-6-9(10)12-8;/h2-3,5-7H,1,4,11H2;1H/t7-;/m0./s1. The van der Waals surface area contributed by atoms with Crippen LogP contribution in [0.15, 0.2) is 35.5 Å². The largest absolute Gasteiger partial charge is 0.322 e. The van der Waals surface area contributed by atoms with Gasteiger partial charge in [-0.2, -0.15) is 0 Å². The van der Waals surface area contributed by atoms with E-state index in [2.05, 4.69) is 27.5 Å². The predicted molar refractivity (Wildman–Crippen MR) is 60.9 cm³/mol. The van der Waals surface area contributed by atoms with Crippen molar-refractivity contribution in [2.75, 3.05) is 0 Å². The zero-order valence-corrected chi connectivity index (χ0v) is 9.51. The van der Waals surface area contributed by atoms with Crippen LogP contribution in [-0.4, -0.2) is 4.98 Å². The lowest BCUT2D eigenvalue weighted by atomic mass is 10.1. The maximum atomic E-state index is 5.82. The Morgan fingerprint density at radius 1 is 1.62 bits per heavy atom. The minimum absolute atomic E-state index is 0. The van der Waals surface area contributed by atoms with E-state index >= 15 is 0 Å². The summed E-state index contributed by atoms with van der Waals surface area (Å²) in [5.74, 6) is 0. The predicted octanol–water partition coefficient (Wildman–Crippen LogP) is 2.84.